The Morgan fingerprint density at radius 2 is 2.09 bits per heavy atom. The molecule has 1 aromatic carbocycles. The molecule has 0 atom stereocenters. The average molecular weight is 347 g/mol. The first kappa shape index (κ1) is 15.8. The number of rotatable bonds is 5. The minimum absolute atomic E-state index is 0.245. The zero-order valence-electron chi connectivity index (χ0n) is 12.5. The second-order valence-electron chi connectivity index (χ2n) is 4.91. The van der Waals surface area contributed by atoms with Crippen molar-refractivity contribution in [1.29, 1.82) is 0 Å². The Labute approximate surface area is 143 Å². The summed E-state index contributed by atoms with van der Waals surface area (Å²) < 4.78 is 1.88. The molecule has 3 aromatic rings. The Morgan fingerprint density at radius 1 is 1.26 bits per heavy atom. The van der Waals surface area contributed by atoms with Gasteiger partial charge in [0.1, 0.15) is 0 Å². The molecular formula is C16H15ClN4OS. The summed E-state index contributed by atoms with van der Waals surface area (Å²) in [6.07, 6.45) is 2.88. The average Bonchev–Trinajstić information content (AvgIpc) is 2.95. The molecular weight excluding hydrogens is 332 g/mol. The Balaban J connectivity index is 1.85. The normalized spacial score (nSPS) is 10.9. The van der Waals surface area contributed by atoms with E-state index in [1.165, 1.54) is 0 Å². The number of anilines is 1. The van der Waals surface area contributed by atoms with Gasteiger partial charge >= 0.3 is 0 Å². The number of benzene rings is 1. The highest BCUT2D eigenvalue weighted by Gasteiger charge is 2.11. The van der Waals surface area contributed by atoms with Gasteiger partial charge in [0.25, 0.3) is 5.91 Å². The Kier molecular flexibility index (Phi) is 4.83. The maximum absolute atomic E-state index is 12.3. The molecule has 5 nitrogen and oxygen atoms in total. The van der Waals surface area contributed by atoms with E-state index in [0.29, 0.717) is 16.3 Å². The molecule has 7 heteroatoms. The molecule has 1 N–H and O–H groups in total. The van der Waals surface area contributed by atoms with Crippen LogP contribution in [-0.4, -0.2) is 26.3 Å². The molecule has 0 aliphatic rings. The van der Waals surface area contributed by atoms with E-state index in [9.17, 15) is 4.79 Å². The highest BCUT2D eigenvalue weighted by atomic mass is 35.5. The lowest BCUT2D eigenvalue weighted by Crippen LogP contribution is -2.12. The van der Waals surface area contributed by atoms with Crippen molar-refractivity contribution in [3.63, 3.8) is 0 Å². The number of nitrogens with zero attached hydrogens (tertiary/aromatic N) is 3. The van der Waals surface area contributed by atoms with Crippen LogP contribution in [0, 0.1) is 0 Å². The first-order valence-electron chi connectivity index (χ1n) is 7.22. The number of hydrogen-bond donors (Lipinski definition) is 1. The summed E-state index contributed by atoms with van der Waals surface area (Å²) in [5, 5.41) is 12.4. The van der Waals surface area contributed by atoms with Crippen molar-refractivity contribution in [2.45, 2.75) is 18.5 Å². The zero-order chi connectivity index (χ0) is 16.2. The summed E-state index contributed by atoms with van der Waals surface area (Å²) in [5.74, 6) is 0.725. The van der Waals surface area contributed by atoms with E-state index in [2.05, 4.69) is 22.4 Å². The van der Waals surface area contributed by atoms with Crippen molar-refractivity contribution in [2.24, 2.45) is 0 Å². The summed E-state index contributed by atoms with van der Waals surface area (Å²) in [5.41, 5.74) is 1.86. The molecule has 0 aliphatic heterocycles. The highest BCUT2D eigenvalue weighted by molar-refractivity contribution is 7.99. The quantitative estimate of drug-likeness (QED) is 0.705. The van der Waals surface area contributed by atoms with Gasteiger partial charge in [-0.25, -0.2) is 0 Å². The number of thioether (sulfide) groups is 1. The summed E-state index contributed by atoms with van der Waals surface area (Å²) in [6.45, 7) is 2.12. The standard InChI is InChI=1S/C16H15ClN4OS/c1-2-9-23-16-20-19-14-8-7-11(10-21(14)16)18-15(22)12-5-3-4-6-13(12)17/h3-8,10H,2,9H2,1H3,(H,18,22). The van der Waals surface area contributed by atoms with E-state index in [1.807, 2.05) is 16.7 Å². The van der Waals surface area contributed by atoms with Gasteiger partial charge in [0.2, 0.25) is 0 Å². The molecule has 0 bridgehead atoms. The molecule has 1 amide bonds. The number of nitrogens with one attached hydrogen (secondary N) is 1. The van der Waals surface area contributed by atoms with Crippen molar-refractivity contribution >= 4 is 40.6 Å². The molecule has 0 fully saturated rings. The molecule has 0 saturated heterocycles. The SMILES string of the molecule is CCCSc1nnc2ccc(NC(=O)c3ccccc3Cl)cn12. The Hall–Kier alpha value is -2.05. The van der Waals surface area contributed by atoms with Crippen LogP contribution < -0.4 is 5.32 Å². The lowest BCUT2D eigenvalue weighted by atomic mass is 10.2. The lowest BCUT2D eigenvalue weighted by Gasteiger charge is -2.07. The zero-order valence-corrected chi connectivity index (χ0v) is 14.1. The third-order valence-corrected chi connectivity index (χ3v) is 4.66. The monoisotopic (exact) mass is 346 g/mol. The van der Waals surface area contributed by atoms with Gasteiger partial charge in [-0.1, -0.05) is 42.4 Å². The molecule has 0 unspecified atom stereocenters. The van der Waals surface area contributed by atoms with Crippen molar-refractivity contribution in [3.8, 4) is 0 Å². The van der Waals surface area contributed by atoms with E-state index in [4.69, 9.17) is 11.6 Å². The van der Waals surface area contributed by atoms with E-state index in [-0.39, 0.29) is 5.91 Å². The van der Waals surface area contributed by atoms with Crippen LogP contribution in [-0.2, 0) is 0 Å². The fourth-order valence-corrected chi connectivity index (χ4v) is 3.07. The third kappa shape index (κ3) is 3.48. The van der Waals surface area contributed by atoms with Crippen LogP contribution in [0.5, 0.6) is 0 Å². The number of carbonyl (C=O) groups is 1. The number of aromatic nitrogens is 3. The third-order valence-electron chi connectivity index (χ3n) is 3.18. The molecule has 3 rings (SSSR count). The minimum Gasteiger partial charge on any atom is -0.321 e. The topological polar surface area (TPSA) is 59.3 Å². The van der Waals surface area contributed by atoms with Crippen LogP contribution in [0.4, 0.5) is 5.69 Å². The summed E-state index contributed by atoms with van der Waals surface area (Å²) in [7, 11) is 0. The summed E-state index contributed by atoms with van der Waals surface area (Å²) in [6, 6.07) is 10.6. The molecule has 23 heavy (non-hydrogen) atoms. The van der Waals surface area contributed by atoms with Gasteiger partial charge in [-0.3, -0.25) is 9.20 Å². The lowest BCUT2D eigenvalue weighted by molar-refractivity contribution is 0.102. The largest absolute Gasteiger partial charge is 0.321 e. The van der Waals surface area contributed by atoms with Gasteiger partial charge in [-0.15, -0.1) is 10.2 Å². The summed E-state index contributed by atoms with van der Waals surface area (Å²) in [4.78, 5) is 12.3. The second-order valence-corrected chi connectivity index (χ2v) is 6.38. The van der Waals surface area contributed by atoms with Gasteiger partial charge < -0.3 is 5.32 Å². The van der Waals surface area contributed by atoms with Crippen LogP contribution >= 0.6 is 23.4 Å². The van der Waals surface area contributed by atoms with Crippen molar-refractivity contribution < 1.29 is 4.79 Å². The predicted octanol–water partition coefficient (Wildman–Crippen LogP) is 4.14. The number of halogens is 1. The maximum atomic E-state index is 12.3. The van der Waals surface area contributed by atoms with Gasteiger partial charge in [0.15, 0.2) is 10.8 Å². The van der Waals surface area contributed by atoms with Crippen molar-refractivity contribution in [2.75, 3.05) is 11.1 Å². The smallest absolute Gasteiger partial charge is 0.257 e. The van der Waals surface area contributed by atoms with E-state index in [1.54, 1.807) is 42.1 Å². The Morgan fingerprint density at radius 3 is 2.87 bits per heavy atom. The summed E-state index contributed by atoms with van der Waals surface area (Å²) >= 11 is 7.69. The van der Waals surface area contributed by atoms with Crippen LogP contribution in [0.1, 0.15) is 23.7 Å². The molecule has 0 radical (unpaired) electrons. The van der Waals surface area contributed by atoms with Crippen LogP contribution in [0.15, 0.2) is 47.8 Å². The van der Waals surface area contributed by atoms with Crippen molar-refractivity contribution in [1.82, 2.24) is 14.6 Å². The molecule has 2 heterocycles. The Bertz CT molecular complexity index is 849. The fraction of sp³-hybridized carbons (Fsp3) is 0.188. The number of hydrogen-bond acceptors (Lipinski definition) is 4. The number of fused-ring (bicyclic) bond motifs is 1. The second kappa shape index (κ2) is 7.02. The van der Waals surface area contributed by atoms with Gasteiger partial charge in [0, 0.05) is 11.9 Å². The minimum atomic E-state index is -0.245. The van der Waals surface area contributed by atoms with E-state index in [0.717, 1.165) is 23.0 Å². The predicted molar refractivity (Wildman–Crippen MR) is 93.4 cm³/mol. The first-order valence-corrected chi connectivity index (χ1v) is 8.59. The van der Waals surface area contributed by atoms with Crippen LogP contribution in [0.3, 0.4) is 0 Å². The molecule has 2 aromatic heterocycles. The number of amides is 1. The van der Waals surface area contributed by atoms with E-state index >= 15 is 0 Å². The first-order chi connectivity index (χ1) is 11.2. The molecule has 0 saturated carbocycles. The highest BCUT2D eigenvalue weighted by Crippen LogP contribution is 2.21. The van der Waals surface area contributed by atoms with Gasteiger partial charge in [-0.2, -0.15) is 0 Å². The van der Waals surface area contributed by atoms with E-state index < -0.39 is 0 Å². The number of carbonyl (C=O) groups excluding carboxylic acids is 1. The number of pyridine rings is 1. The van der Waals surface area contributed by atoms with Gasteiger partial charge in [-0.05, 0) is 30.7 Å². The fourth-order valence-electron chi connectivity index (χ4n) is 2.08. The maximum Gasteiger partial charge on any atom is 0.257 e. The van der Waals surface area contributed by atoms with Gasteiger partial charge in [0.05, 0.1) is 16.3 Å². The molecule has 0 spiro atoms. The van der Waals surface area contributed by atoms with Crippen LogP contribution in [0.2, 0.25) is 5.02 Å². The molecule has 118 valence electrons. The van der Waals surface area contributed by atoms with Crippen LogP contribution in [0.25, 0.3) is 5.65 Å². The van der Waals surface area contributed by atoms with Crippen molar-refractivity contribution in [3.05, 3.63) is 53.2 Å². The molecule has 0 aliphatic carbocycles.